The van der Waals surface area contributed by atoms with Crippen molar-refractivity contribution in [1.82, 2.24) is 0 Å². The summed E-state index contributed by atoms with van der Waals surface area (Å²) < 4.78 is 0. The van der Waals surface area contributed by atoms with Crippen LogP contribution in [0.4, 0.5) is 5.69 Å². The molecule has 1 aliphatic carbocycles. The van der Waals surface area contributed by atoms with Crippen molar-refractivity contribution in [3.05, 3.63) is 29.8 Å². The second-order valence-electron chi connectivity index (χ2n) is 5.31. The molecule has 0 spiro atoms. The minimum atomic E-state index is 0.349. The van der Waals surface area contributed by atoms with E-state index in [2.05, 4.69) is 29.2 Å². The Morgan fingerprint density at radius 1 is 1.25 bits per heavy atom. The Morgan fingerprint density at radius 3 is 3.06 bits per heavy atom. The third kappa shape index (κ3) is 0.909. The van der Waals surface area contributed by atoms with Crippen LogP contribution in [0.25, 0.3) is 0 Å². The van der Waals surface area contributed by atoms with E-state index in [9.17, 15) is 4.79 Å². The largest absolute Gasteiger partial charge is 0.308 e. The van der Waals surface area contributed by atoms with E-state index in [1.54, 1.807) is 0 Å². The third-order valence-corrected chi connectivity index (χ3v) is 4.58. The molecule has 2 aliphatic heterocycles. The number of amides is 1. The van der Waals surface area contributed by atoms with Crippen molar-refractivity contribution in [3.8, 4) is 0 Å². The molecule has 3 atom stereocenters. The van der Waals surface area contributed by atoms with E-state index in [1.165, 1.54) is 24.1 Å². The van der Waals surface area contributed by atoms with Gasteiger partial charge in [0.15, 0.2) is 0 Å². The molecule has 16 heavy (non-hydrogen) atoms. The molecule has 3 aliphatic rings. The van der Waals surface area contributed by atoms with Gasteiger partial charge in [-0.15, -0.1) is 0 Å². The van der Waals surface area contributed by atoms with Gasteiger partial charge in [0.25, 0.3) is 0 Å². The van der Waals surface area contributed by atoms with Crippen molar-refractivity contribution in [1.29, 1.82) is 0 Å². The van der Waals surface area contributed by atoms with Crippen LogP contribution < -0.4 is 4.90 Å². The van der Waals surface area contributed by atoms with Crippen LogP contribution in [0.1, 0.15) is 37.2 Å². The van der Waals surface area contributed by atoms with Crippen LogP contribution in [0.2, 0.25) is 0 Å². The molecular weight excluding hydrogens is 198 g/mol. The Bertz CT molecular complexity index is 468. The van der Waals surface area contributed by atoms with Crippen molar-refractivity contribution in [3.63, 3.8) is 0 Å². The molecule has 1 aromatic carbocycles. The van der Waals surface area contributed by atoms with Crippen molar-refractivity contribution < 1.29 is 4.79 Å². The molecule has 0 bridgehead atoms. The van der Waals surface area contributed by atoms with Crippen LogP contribution in [-0.2, 0) is 4.79 Å². The van der Waals surface area contributed by atoms with Gasteiger partial charge in [-0.05, 0) is 36.8 Å². The fourth-order valence-electron chi connectivity index (χ4n) is 3.85. The molecule has 4 rings (SSSR count). The quantitative estimate of drug-likeness (QED) is 0.649. The first-order chi connectivity index (χ1) is 7.86. The van der Waals surface area contributed by atoms with Gasteiger partial charge in [-0.1, -0.05) is 18.2 Å². The summed E-state index contributed by atoms with van der Waals surface area (Å²) in [5.41, 5.74) is 2.62. The van der Waals surface area contributed by atoms with Gasteiger partial charge in [0, 0.05) is 24.1 Å². The summed E-state index contributed by atoms with van der Waals surface area (Å²) in [4.78, 5) is 14.3. The van der Waals surface area contributed by atoms with Gasteiger partial charge in [0.1, 0.15) is 0 Å². The maximum Gasteiger partial charge on any atom is 0.227 e. The summed E-state index contributed by atoms with van der Waals surface area (Å²) in [6.45, 7) is 0. The zero-order valence-corrected chi connectivity index (χ0v) is 9.23. The maximum absolute atomic E-state index is 12.2. The van der Waals surface area contributed by atoms with Crippen LogP contribution in [0.3, 0.4) is 0 Å². The Morgan fingerprint density at radius 2 is 2.12 bits per heavy atom. The van der Waals surface area contributed by atoms with Crippen molar-refractivity contribution in [2.45, 2.75) is 37.6 Å². The number of hydrogen-bond acceptors (Lipinski definition) is 1. The first-order valence-electron chi connectivity index (χ1n) is 6.27. The highest BCUT2D eigenvalue weighted by atomic mass is 16.2. The monoisotopic (exact) mass is 213 g/mol. The summed E-state index contributed by atoms with van der Waals surface area (Å²) in [7, 11) is 0. The lowest BCUT2D eigenvalue weighted by atomic mass is 9.67. The molecule has 0 radical (unpaired) electrons. The average Bonchev–Trinajstić information content (AvgIpc) is 2.47. The number of carbonyl (C=O) groups is 1. The number of rotatable bonds is 0. The molecular formula is C14H15NO. The minimum absolute atomic E-state index is 0.349. The Labute approximate surface area is 95.3 Å². The fraction of sp³-hybridized carbons (Fsp3) is 0.500. The summed E-state index contributed by atoms with van der Waals surface area (Å²) in [6, 6.07) is 8.98. The first-order valence-corrected chi connectivity index (χ1v) is 6.27. The van der Waals surface area contributed by atoms with E-state index in [0.717, 1.165) is 18.8 Å². The standard InChI is InChI=1S/C14H15NO/c16-13-7-3-4-9-8-11-10-5-1-2-6-12(10)15(13)14(9)11/h1-2,5-6,9,11,14H,3-4,7-8H2. The molecule has 1 saturated carbocycles. The molecule has 82 valence electrons. The smallest absolute Gasteiger partial charge is 0.227 e. The van der Waals surface area contributed by atoms with Gasteiger partial charge in [-0.3, -0.25) is 4.79 Å². The minimum Gasteiger partial charge on any atom is -0.308 e. The summed E-state index contributed by atoms with van der Waals surface area (Å²) >= 11 is 0. The Hall–Kier alpha value is -1.31. The van der Waals surface area contributed by atoms with E-state index in [0.29, 0.717) is 17.9 Å². The van der Waals surface area contributed by atoms with E-state index in [4.69, 9.17) is 0 Å². The molecule has 2 nitrogen and oxygen atoms in total. The van der Waals surface area contributed by atoms with Gasteiger partial charge in [-0.25, -0.2) is 0 Å². The molecule has 0 N–H and O–H groups in total. The van der Waals surface area contributed by atoms with Crippen LogP contribution in [0.15, 0.2) is 24.3 Å². The van der Waals surface area contributed by atoms with E-state index >= 15 is 0 Å². The molecule has 2 heteroatoms. The van der Waals surface area contributed by atoms with E-state index in [1.807, 2.05) is 0 Å². The van der Waals surface area contributed by atoms with E-state index < -0.39 is 0 Å². The van der Waals surface area contributed by atoms with Gasteiger partial charge in [0.05, 0.1) is 0 Å². The number of anilines is 1. The number of benzene rings is 1. The molecule has 0 aromatic heterocycles. The van der Waals surface area contributed by atoms with Gasteiger partial charge >= 0.3 is 0 Å². The highest BCUT2D eigenvalue weighted by Gasteiger charge is 2.53. The lowest BCUT2D eigenvalue weighted by Gasteiger charge is -2.43. The predicted molar refractivity (Wildman–Crippen MR) is 62.4 cm³/mol. The molecule has 2 fully saturated rings. The zero-order chi connectivity index (χ0) is 10.7. The topological polar surface area (TPSA) is 20.3 Å². The maximum atomic E-state index is 12.2. The number of para-hydroxylation sites is 1. The Kier molecular flexibility index (Phi) is 1.58. The summed E-state index contributed by atoms with van der Waals surface area (Å²) in [5, 5.41) is 0. The number of nitrogens with zero attached hydrogens (tertiary/aromatic N) is 1. The normalized spacial score (nSPS) is 35.1. The summed E-state index contributed by atoms with van der Waals surface area (Å²) in [6.07, 6.45) is 4.38. The van der Waals surface area contributed by atoms with Gasteiger partial charge < -0.3 is 4.90 Å². The van der Waals surface area contributed by atoms with Crippen LogP contribution in [-0.4, -0.2) is 11.9 Å². The zero-order valence-electron chi connectivity index (χ0n) is 9.23. The van der Waals surface area contributed by atoms with Crippen molar-refractivity contribution in [2.24, 2.45) is 5.92 Å². The number of fused-ring (bicyclic) bond motifs is 3. The number of hydrogen-bond donors (Lipinski definition) is 0. The van der Waals surface area contributed by atoms with Crippen molar-refractivity contribution >= 4 is 11.6 Å². The third-order valence-electron chi connectivity index (χ3n) is 4.58. The highest BCUT2D eigenvalue weighted by molar-refractivity contribution is 5.97. The Balaban J connectivity index is 1.88. The number of carbonyl (C=O) groups excluding carboxylic acids is 1. The van der Waals surface area contributed by atoms with Crippen LogP contribution in [0.5, 0.6) is 0 Å². The second-order valence-corrected chi connectivity index (χ2v) is 5.31. The SMILES string of the molecule is O=C1CCCC2CC3c4ccccc4N1C23. The van der Waals surface area contributed by atoms with Crippen LogP contribution >= 0.6 is 0 Å². The van der Waals surface area contributed by atoms with Crippen LogP contribution in [0, 0.1) is 5.92 Å². The lowest BCUT2D eigenvalue weighted by molar-refractivity contribution is -0.119. The average molecular weight is 213 g/mol. The lowest BCUT2D eigenvalue weighted by Crippen LogP contribution is -2.49. The van der Waals surface area contributed by atoms with E-state index in [-0.39, 0.29) is 0 Å². The molecule has 3 unspecified atom stereocenters. The van der Waals surface area contributed by atoms with Gasteiger partial charge in [-0.2, -0.15) is 0 Å². The van der Waals surface area contributed by atoms with Crippen molar-refractivity contribution in [2.75, 3.05) is 4.90 Å². The predicted octanol–water partition coefficient (Wildman–Crippen LogP) is 2.69. The highest BCUT2D eigenvalue weighted by Crippen LogP contribution is 2.57. The molecule has 1 aromatic rings. The first kappa shape index (κ1) is 8.80. The second kappa shape index (κ2) is 2.88. The fourth-order valence-corrected chi connectivity index (χ4v) is 3.85. The molecule has 1 saturated heterocycles. The molecule has 1 amide bonds. The molecule has 2 heterocycles. The summed E-state index contributed by atoms with van der Waals surface area (Å²) in [5.74, 6) is 1.76. The van der Waals surface area contributed by atoms with Gasteiger partial charge in [0.2, 0.25) is 5.91 Å².